The van der Waals surface area contributed by atoms with Crippen LogP contribution in [-0.2, 0) is 10.0 Å². The minimum Gasteiger partial charge on any atom is -0.253 e. The summed E-state index contributed by atoms with van der Waals surface area (Å²) in [5.41, 5.74) is -0.170. The van der Waals surface area contributed by atoms with E-state index in [4.69, 9.17) is 18.0 Å². The third-order valence-corrected chi connectivity index (χ3v) is 5.21. The highest BCUT2D eigenvalue weighted by Gasteiger charge is 2.41. The van der Waals surface area contributed by atoms with Gasteiger partial charge in [-0.1, -0.05) is 36.8 Å². The van der Waals surface area contributed by atoms with Crippen molar-refractivity contribution in [1.29, 1.82) is 0 Å². The van der Waals surface area contributed by atoms with Crippen LogP contribution in [0, 0.1) is 12.3 Å². The lowest BCUT2D eigenvalue weighted by atomic mass is 9.82. The van der Waals surface area contributed by atoms with Crippen molar-refractivity contribution < 1.29 is 8.42 Å². The van der Waals surface area contributed by atoms with Gasteiger partial charge in [0.2, 0.25) is 10.0 Å². The number of hydrogen-bond donors (Lipinski definition) is 0. The second-order valence-electron chi connectivity index (χ2n) is 5.24. The summed E-state index contributed by atoms with van der Waals surface area (Å²) in [6, 6.07) is 6.78. The molecule has 0 radical (unpaired) electrons. The summed E-state index contributed by atoms with van der Waals surface area (Å²) in [5.74, 6) is 2.75. The van der Waals surface area contributed by atoms with Gasteiger partial charge in [-0.3, -0.25) is 4.31 Å². The van der Waals surface area contributed by atoms with Crippen molar-refractivity contribution in [1.82, 2.24) is 0 Å². The fourth-order valence-corrected chi connectivity index (χ4v) is 4.38. The van der Waals surface area contributed by atoms with Crippen LogP contribution < -0.4 is 4.31 Å². The number of sulfonamides is 1. The molecule has 0 N–H and O–H groups in total. The first-order chi connectivity index (χ1) is 9.39. The van der Waals surface area contributed by atoms with E-state index in [1.807, 2.05) is 0 Å². The maximum absolute atomic E-state index is 12.3. The Balaban J connectivity index is 2.53. The maximum atomic E-state index is 12.3. The topological polar surface area (TPSA) is 37.4 Å². The Bertz CT molecular complexity index is 610. The van der Waals surface area contributed by atoms with Gasteiger partial charge in [-0.2, -0.15) is 0 Å². The molecule has 1 aliphatic carbocycles. The number of terminal acetylenes is 1. The van der Waals surface area contributed by atoms with Gasteiger partial charge in [-0.15, -0.1) is 6.42 Å². The lowest BCUT2D eigenvalue weighted by Gasteiger charge is -2.42. The first kappa shape index (κ1) is 15.2. The van der Waals surface area contributed by atoms with Crippen molar-refractivity contribution in [3.8, 4) is 12.3 Å². The van der Waals surface area contributed by atoms with Crippen molar-refractivity contribution in [2.45, 2.75) is 37.6 Å². The van der Waals surface area contributed by atoms with E-state index in [0.717, 1.165) is 19.3 Å². The lowest BCUT2D eigenvalue weighted by Crippen LogP contribution is -2.52. The predicted molar refractivity (Wildman–Crippen MR) is 83.4 cm³/mol. The molecule has 0 heterocycles. The highest BCUT2D eigenvalue weighted by Crippen LogP contribution is 2.38. The van der Waals surface area contributed by atoms with Gasteiger partial charge in [0, 0.05) is 5.02 Å². The molecule has 1 saturated carbocycles. The van der Waals surface area contributed by atoms with Crippen LogP contribution in [0.25, 0.3) is 0 Å². The van der Waals surface area contributed by atoms with Gasteiger partial charge in [0.05, 0.1) is 11.9 Å². The molecule has 3 nitrogen and oxygen atoms in total. The summed E-state index contributed by atoms with van der Waals surface area (Å²) in [5, 5.41) is 0.570. The molecule has 1 aromatic rings. The smallest absolute Gasteiger partial charge is 0.233 e. The number of benzene rings is 1. The van der Waals surface area contributed by atoms with Gasteiger partial charge >= 0.3 is 0 Å². The maximum Gasteiger partial charge on any atom is 0.233 e. The molecule has 20 heavy (non-hydrogen) atoms. The molecule has 0 spiro atoms. The van der Waals surface area contributed by atoms with Crippen LogP contribution >= 0.6 is 11.6 Å². The van der Waals surface area contributed by atoms with Crippen molar-refractivity contribution in [2.24, 2.45) is 0 Å². The fraction of sp³-hybridized carbons (Fsp3) is 0.467. The Morgan fingerprint density at radius 1 is 1.20 bits per heavy atom. The predicted octanol–water partition coefficient (Wildman–Crippen LogP) is 3.44. The average molecular weight is 312 g/mol. The van der Waals surface area contributed by atoms with Gasteiger partial charge in [-0.05, 0) is 37.1 Å². The molecular formula is C15H18ClNO2S. The number of hydrogen-bond acceptors (Lipinski definition) is 2. The molecule has 0 atom stereocenters. The molecule has 0 saturated heterocycles. The second kappa shape index (κ2) is 5.67. The molecule has 108 valence electrons. The Labute approximate surface area is 126 Å². The monoisotopic (exact) mass is 311 g/mol. The van der Waals surface area contributed by atoms with Crippen molar-refractivity contribution in [3.05, 3.63) is 29.3 Å². The molecule has 5 heteroatoms. The van der Waals surface area contributed by atoms with Crippen LogP contribution in [0.4, 0.5) is 5.69 Å². The summed E-state index contributed by atoms with van der Waals surface area (Å²) in [4.78, 5) is 0. The SMILES string of the molecule is C#CC1(N(c2ccc(Cl)cc2)S(C)(=O)=O)CCCCC1. The molecule has 0 amide bonds. The van der Waals surface area contributed by atoms with E-state index < -0.39 is 15.6 Å². The van der Waals surface area contributed by atoms with Gasteiger partial charge < -0.3 is 0 Å². The van der Waals surface area contributed by atoms with Crippen LogP contribution in [0.15, 0.2) is 24.3 Å². The van der Waals surface area contributed by atoms with Crippen LogP contribution in [0.5, 0.6) is 0 Å². The van der Waals surface area contributed by atoms with Crippen molar-refractivity contribution in [2.75, 3.05) is 10.6 Å². The molecular weight excluding hydrogens is 294 g/mol. The Morgan fingerprint density at radius 3 is 2.20 bits per heavy atom. The lowest BCUT2D eigenvalue weighted by molar-refractivity contribution is 0.371. The Kier molecular flexibility index (Phi) is 4.31. The largest absolute Gasteiger partial charge is 0.253 e. The summed E-state index contributed by atoms with van der Waals surface area (Å²) in [6.45, 7) is 0. The molecule has 0 aliphatic heterocycles. The van der Waals surface area contributed by atoms with E-state index in [9.17, 15) is 8.42 Å². The van der Waals surface area contributed by atoms with E-state index in [-0.39, 0.29) is 0 Å². The average Bonchev–Trinajstić information content (AvgIpc) is 2.41. The van der Waals surface area contributed by atoms with Crippen molar-refractivity contribution in [3.63, 3.8) is 0 Å². The van der Waals surface area contributed by atoms with Gasteiger partial charge in [0.25, 0.3) is 0 Å². The standard InChI is InChI=1S/C15H18ClNO2S/c1-3-15(11-5-4-6-12-15)17(20(2,18)19)14-9-7-13(16)8-10-14/h1,7-10H,4-6,11-12H2,2H3. The van der Waals surface area contributed by atoms with E-state index in [0.29, 0.717) is 23.6 Å². The second-order valence-corrected chi connectivity index (χ2v) is 7.51. The number of rotatable bonds is 3. The molecule has 1 fully saturated rings. The number of anilines is 1. The van der Waals surface area contributed by atoms with Crippen LogP contribution in [-0.4, -0.2) is 20.2 Å². The van der Waals surface area contributed by atoms with Crippen LogP contribution in [0.1, 0.15) is 32.1 Å². The third kappa shape index (κ3) is 2.94. The minimum absolute atomic E-state index is 0.570. The van der Waals surface area contributed by atoms with Gasteiger partial charge in [0.1, 0.15) is 5.54 Å². The van der Waals surface area contributed by atoms with Crippen LogP contribution in [0.2, 0.25) is 5.02 Å². The van der Waals surface area contributed by atoms with Gasteiger partial charge in [-0.25, -0.2) is 8.42 Å². The molecule has 0 aromatic heterocycles. The Morgan fingerprint density at radius 2 is 1.75 bits per heavy atom. The normalized spacial score (nSPS) is 18.2. The molecule has 2 rings (SSSR count). The minimum atomic E-state index is -3.45. The fourth-order valence-electron chi connectivity index (χ4n) is 2.88. The highest BCUT2D eigenvalue weighted by molar-refractivity contribution is 7.92. The van der Waals surface area contributed by atoms with E-state index in [1.165, 1.54) is 10.6 Å². The third-order valence-electron chi connectivity index (χ3n) is 3.73. The molecule has 0 bridgehead atoms. The summed E-state index contributed by atoms with van der Waals surface area (Å²) in [6.07, 6.45) is 11.3. The van der Waals surface area contributed by atoms with Crippen LogP contribution in [0.3, 0.4) is 0 Å². The zero-order valence-corrected chi connectivity index (χ0v) is 13.0. The summed E-state index contributed by atoms with van der Waals surface area (Å²) >= 11 is 5.88. The quantitative estimate of drug-likeness (QED) is 0.802. The molecule has 1 aliphatic rings. The summed E-state index contributed by atoms with van der Waals surface area (Å²) < 4.78 is 26.0. The Hall–Kier alpha value is -1.18. The first-order valence-corrected chi connectivity index (χ1v) is 8.85. The summed E-state index contributed by atoms with van der Waals surface area (Å²) in [7, 11) is -3.45. The first-order valence-electron chi connectivity index (χ1n) is 6.63. The molecule has 0 unspecified atom stereocenters. The van der Waals surface area contributed by atoms with E-state index in [1.54, 1.807) is 24.3 Å². The number of halogens is 1. The van der Waals surface area contributed by atoms with Crippen molar-refractivity contribution >= 4 is 27.3 Å². The highest BCUT2D eigenvalue weighted by atomic mass is 35.5. The van der Waals surface area contributed by atoms with E-state index >= 15 is 0 Å². The molecule has 1 aromatic carbocycles. The number of nitrogens with zero attached hydrogens (tertiary/aromatic N) is 1. The zero-order valence-electron chi connectivity index (χ0n) is 11.5. The zero-order chi connectivity index (χ0) is 14.8. The van der Waals surface area contributed by atoms with Gasteiger partial charge in [0.15, 0.2) is 0 Å². The van der Waals surface area contributed by atoms with E-state index in [2.05, 4.69) is 5.92 Å².